The van der Waals surface area contributed by atoms with Crippen molar-refractivity contribution in [3.05, 3.63) is 33.8 Å². The van der Waals surface area contributed by atoms with Crippen LogP contribution in [0.4, 0.5) is 0 Å². The Kier molecular flexibility index (Phi) is 4.41. The third-order valence-electron chi connectivity index (χ3n) is 3.10. The van der Waals surface area contributed by atoms with E-state index in [1.807, 2.05) is 18.2 Å². The molecule has 2 rings (SSSR count). The highest BCUT2D eigenvalue weighted by molar-refractivity contribution is 6.35. The molecular formula is C13H15Cl3. The lowest BCUT2D eigenvalue weighted by atomic mass is 10.1. The van der Waals surface area contributed by atoms with Crippen LogP contribution in [0.5, 0.6) is 0 Å². The average molecular weight is 278 g/mol. The van der Waals surface area contributed by atoms with Gasteiger partial charge in [-0.15, -0.1) is 11.6 Å². The molecule has 0 amide bonds. The number of rotatable bonds is 5. The molecule has 0 aromatic heterocycles. The number of hydrogen-bond acceptors (Lipinski definition) is 0. The Bertz CT molecular complexity index is 338. The second-order valence-corrected chi connectivity index (χ2v) is 5.82. The van der Waals surface area contributed by atoms with E-state index in [-0.39, 0.29) is 0 Å². The molecule has 0 bridgehead atoms. The van der Waals surface area contributed by atoms with Gasteiger partial charge in [-0.1, -0.05) is 29.3 Å². The zero-order valence-electron chi connectivity index (χ0n) is 9.06. The SMILES string of the molecule is Clc1cccc(Cl)c1CCCC(Cl)C1CC1. The standard InChI is InChI=1S/C13H15Cl3/c14-11(9-7-8-9)4-1-3-10-12(15)5-2-6-13(10)16/h2,5-6,9,11H,1,3-4,7-8H2. The van der Waals surface area contributed by atoms with Crippen LogP contribution < -0.4 is 0 Å². The molecule has 0 nitrogen and oxygen atoms in total. The molecule has 0 N–H and O–H groups in total. The van der Waals surface area contributed by atoms with Crippen molar-refractivity contribution in [2.24, 2.45) is 5.92 Å². The van der Waals surface area contributed by atoms with E-state index in [0.717, 1.165) is 40.8 Å². The van der Waals surface area contributed by atoms with Crippen LogP contribution in [0, 0.1) is 5.92 Å². The summed E-state index contributed by atoms with van der Waals surface area (Å²) in [4.78, 5) is 0. The molecular weight excluding hydrogens is 263 g/mol. The predicted molar refractivity (Wildman–Crippen MR) is 71.8 cm³/mol. The smallest absolute Gasteiger partial charge is 0.0452 e. The number of halogens is 3. The molecule has 1 aliphatic carbocycles. The predicted octanol–water partition coefficient (Wildman–Crippen LogP) is 5.33. The van der Waals surface area contributed by atoms with Crippen molar-refractivity contribution >= 4 is 34.8 Å². The minimum absolute atomic E-state index is 0.348. The molecule has 1 aromatic carbocycles. The summed E-state index contributed by atoms with van der Waals surface area (Å²) in [6.45, 7) is 0. The summed E-state index contributed by atoms with van der Waals surface area (Å²) < 4.78 is 0. The molecule has 3 heteroatoms. The van der Waals surface area contributed by atoms with Gasteiger partial charge >= 0.3 is 0 Å². The first-order valence-corrected chi connectivity index (χ1v) is 6.94. The van der Waals surface area contributed by atoms with Crippen LogP contribution in [0.2, 0.25) is 10.0 Å². The van der Waals surface area contributed by atoms with Crippen LogP contribution in [0.15, 0.2) is 18.2 Å². The van der Waals surface area contributed by atoms with E-state index >= 15 is 0 Å². The van der Waals surface area contributed by atoms with Crippen molar-refractivity contribution < 1.29 is 0 Å². The second kappa shape index (κ2) is 5.62. The zero-order chi connectivity index (χ0) is 11.5. The highest BCUT2D eigenvalue weighted by Crippen LogP contribution is 2.38. The molecule has 1 fully saturated rings. The van der Waals surface area contributed by atoms with E-state index in [0.29, 0.717) is 5.38 Å². The second-order valence-electron chi connectivity index (χ2n) is 4.45. The Balaban J connectivity index is 1.84. The van der Waals surface area contributed by atoms with Gasteiger partial charge in [-0.3, -0.25) is 0 Å². The molecule has 0 saturated heterocycles. The molecule has 16 heavy (non-hydrogen) atoms. The van der Waals surface area contributed by atoms with Crippen molar-refractivity contribution in [2.45, 2.75) is 37.5 Å². The van der Waals surface area contributed by atoms with Gasteiger partial charge in [0.2, 0.25) is 0 Å². The fourth-order valence-corrected chi connectivity index (χ4v) is 2.93. The fourth-order valence-electron chi connectivity index (χ4n) is 1.94. The summed E-state index contributed by atoms with van der Waals surface area (Å²) in [6, 6.07) is 5.66. The minimum atomic E-state index is 0.348. The minimum Gasteiger partial charge on any atom is -0.123 e. The summed E-state index contributed by atoms with van der Waals surface area (Å²) in [5.74, 6) is 0.767. The maximum atomic E-state index is 6.26. The topological polar surface area (TPSA) is 0 Å². The van der Waals surface area contributed by atoms with Crippen molar-refractivity contribution in [1.29, 1.82) is 0 Å². The summed E-state index contributed by atoms with van der Waals surface area (Å²) in [7, 11) is 0. The fraction of sp³-hybridized carbons (Fsp3) is 0.538. The molecule has 88 valence electrons. The summed E-state index contributed by atoms with van der Waals surface area (Å²) >= 11 is 18.5. The first-order valence-electron chi connectivity index (χ1n) is 5.75. The van der Waals surface area contributed by atoms with Crippen LogP contribution >= 0.6 is 34.8 Å². The molecule has 1 aromatic rings. The van der Waals surface area contributed by atoms with E-state index in [9.17, 15) is 0 Å². The van der Waals surface area contributed by atoms with Crippen LogP contribution in [-0.2, 0) is 6.42 Å². The van der Waals surface area contributed by atoms with Gasteiger partial charge in [-0.25, -0.2) is 0 Å². The Morgan fingerprint density at radius 2 is 1.81 bits per heavy atom. The van der Waals surface area contributed by atoms with Crippen molar-refractivity contribution in [1.82, 2.24) is 0 Å². The summed E-state index contributed by atoms with van der Waals surface area (Å²) in [5.41, 5.74) is 1.06. The van der Waals surface area contributed by atoms with Gasteiger partial charge in [-0.05, 0) is 55.7 Å². The zero-order valence-corrected chi connectivity index (χ0v) is 11.3. The van der Waals surface area contributed by atoms with E-state index in [2.05, 4.69) is 0 Å². The molecule has 0 heterocycles. The van der Waals surface area contributed by atoms with Gasteiger partial charge in [-0.2, -0.15) is 0 Å². The highest BCUT2D eigenvalue weighted by atomic mass is 35.5. The Morgan fingerprint density at radius 1 is 1.19 bits per heavy atom. The number of alkyl halides is 1. The average Bonchev–Trinajstić information content (AvgIpc) is 3.05. The van der Waals surface area contributed by atoms with Gasteiger partial charge in [0.15, 0.2) is 0 Å². The van der Waals surface area contributed by atoms with E-state index in [1.54, 1.807) is 0 Å². The normalized spacial score (nSPS) is 17.4. The third-order valence-corrected chi connectivity index (χ3v) is 4.38. The number of benzene rings is 1. The molecule has 0 spiro atoms. The quantitative estimate of drug-likeness (QED) is 0.638. The van der Waals surface area contributed by atoms with Gasteiger partial charge < -0.3 is 0 Å². The molecule has 1 atom stereocenters. The molecule has 1 unspecified atom stereocenters. The highest BCUT2D eigenvalue weighted by Gasteiger charge is 2.29. The first-order chi connectivity index (χ1) is 7.68. The molecule has 0 aliphatic heterocycles. The van der Waals surface area contributed by atoms with Crippen LogP contribution in [-0.4, -0.2) is 5.38 Å². The lowest BCUT2D eigenvalue weighted by Gasteiger charge is -2.09. The Morgan fingerprint density at radius 3 is 2.38 bits per heavy atom. The van der Waals surface area contributed by atoms with Crippen molar-refractivity contribution in [3.63, 3.8) is 0 Å². The van der Waals surface area contributed by atoms with Crippen LogP contribution in [0.25, 0.3) is 0 Å². The largest absolute Gasteiger partial charge is 0.123 e. The van der Waals surface area contributed by atoms with Gasteiger partial charge in [0, 0.05) is 15.4 Å². The van der Waals surface area contributed by atoms with Crippen LogP contribution in [0.1, 0.15) is 31.2 Å². The summed E-state index contributed by atoms with van der Waals surface area (Å²) in [5, 5.41) is 1.89. The van der Waals surface area contributed by atoms with Gasteiger partial charge in [0.25, 0.3) is 0 Å². The maximum Gasteiger partial charge on any atom is 0.0452 e. The first kappa shape index (κ1) is 12.5. The van der Waals surface area contributed by atoms with E-state index in [1.165, 1.54) is 12.8 Å². The van der Waals surface area contributed by atoms with Crippen molar-refractivity contribution in [2.75, 3.05) is 0 Å². The summed E-state index contributed by atoms with van der Waals surface area (Å²) in [6.07, 6.45) is 5.67. The maximum absolute atomic E-state index is 6.26. The van der Waals surface area contributed by atoms with Gasteiger partial charge in [0.05, 0.1) is 0 Å². The van der Waals surface area contributed by atoms with E-state index < -0.39 is 0 Å². The Labute approximate surface area is 112 Å². The monoisotopic (exact) mass is 276 g/mol. The Hall–Kier alpha value is 0.0900. The van der Waals surface area contributed by atoms with Crippen LogP contribution in [0.3, 0.4) is 0 Å². The molecule has 0 radical (unpaired) electrons. The lowest BCUT2D eigenvalue weighted by molar-refractivity contribution is 0.637. The molecule has 1 saturated carbocycles. The third kappa shape index (κ3) is 3.29. The lowest BCUT2D eigenvalue weighted by Crippen LogP contribution is -2.02. The van der Waals surface area contributed by atoms with E-state index in [4.69, 9.17) is 34.8 Å². The molecule has 1 aliphatic rings. The number of hydrogen-bond donors (Lipinski definition) is 0. The van der Waals surface area contributed by atoms with Gasteiger partial charge in [0.1, 0.15) is 0 Å². The van der Waals surface area contributed by atoms with Crippen molar-refractivity contribution in [3.8, 4) is 0 Å².